The largest absolute Gasteiger partial charge is 0.508 e. The molecule has 0 radical (unpaired) electrons. The van der Waals surface area contributed by atoms with Crippen LogP contribution in [0.4, 0.5) is 0 Å². The number of rotatable bonds is 4. The maximum atomic E-state index is 10.8. The van der Waals surface area contributed by atoms with Crippen LogP contribution in [0.15, 0.2) is 42.5 Å². The zero-order valence-corrected chi connectivity index (χ0v) is 11.8. The molecule has 4 heteroatoms. The zero-order chi connectivity index (χ0) is 14.7. The quantitative estimate of drug-likeness (QED) is 0.883. The topological polar surface area (TPSA) is 57.5 Å². The molecule has 0 aliphatic rings. The molecule has 0 aromatic heterocycles. The number of aromatic hydroxyl groups is 1. The fraction of sp³-hybridized carbons (Fsp3) is 0.188. The first kappa shape index (κ1) is 14.4. The predicted molar refractivity (Wildman–Crippen MR) is 79.2 cm³/mol. The van der Waals surface area contributed by atoms with Crippen LogP contribution in [0.5, 0.6) is 5.75 Å². The summed E-state index contributed by atoms with van der Waals surface area (Å²) in [6.45, 7) is 1.87. The van der Waals surface area contributed by atoms with Crippen molar-refractivity contribution in [3.63, 3.8) is 0 Å². The first-order chi connectivity index (χ1) is 9.47. The Morgan fingerprint density at radius 3 is 2.45 bits per heavy atom. The van der Waals surface area contributed by atoms with E-state index in [1.165, 1.54) is 0 Å². The average molecular weight is 291 g/mol. The van der Waals surface area contributed by atoms with Crippen molar-refractivity contribution in [2.24, 2.45) is 0 Å². The van der Waals surface area contributed by atoms with Gasteiger partial charge < -0.3 is 10.2 Å². The summed E-state index contributed by atoms with van der Waals surface area (Å²) < 4.78 is 0. The van der Waals surface area contributed by atoms with Crippen molar-refractivity contribution in [3.05, 3.63) is 53.1 Å². The summed E-state index contributed by atoms with van der Waals surface area (Å²) in [7, 11) is 0. The summed E-state index contributed by atoms with van der Waals surface area (Å²) in [6.07, 6.45) is 0.0800. The number of halogens is 1. The second-order valence-electron chi connectivity index (χ2n) is 4.79. The lowest BCUT2D eigenvalue weighted by Crippen LogP contribution is -2.03. The number of carbonyl (C=O) groups is 1. The Kier molecular flexibility index (Phi) is 4.30. The highest BCUT2D eigenvalue weighted by Crippen LogP contribution is 2.32. The van der Waals surface area contributed by atoms with Gasteiger partial charge in [-0.05, 0) is 41.3 Å². The molecule has 2 aromatic carbocycles. The van der Waals surface area contributed by atoms with Crippen LogP contribution in [0.2, 0.25) is 5.02 Å². The maximum Gasteiger partial charge on any atom is 0.303 e. The van der Waals surface area contributed by atoms with Gasteiger partial charge in [-0.25, -0.2) is 0 Å². The van der Waals surface area contributed by atoms with Crippen molar-refractivity contribution < 1.29 is 15.0 Å². The van der Waals surface area contributed by atoms with Gasteiger partial charge in [-0.2, -0.15) is 0 Å². The summed E-state index contributed by atoms with van der Waals surface area (Å²) in [5, 5.41) is 18.8. The predicted octanol–water partition coefficient (Wildman–Crippen LogP) is 4.29. The second-order valence-corrected chi connectivity index (χ2v) is 5.19. The molecule has 0 bridgehead atoms. The van der Waals surface area contributed by atoms with Crippen molar-refractivity contribution in [2.45, 2.75) is 19.3 Å². The molecule has 0 heterocycles. The number of carboxylic acids is 1. The third-order valence-corrected chi connectivity index (χ3v) is 3.55. The van der Waals surface area contributed by atoms with Crippen molar-refractivity contribution in [1.29, 1.82) is 0 Å². The van der Waals surface area contributed by atoms with Crippen LogP contribution < -0.4 is 0 Å². The molecule has 0 saturated heterocycles. The van der Waals surface area contributed by atoms with E-state index >= 15 is 0 Å². The molecule has 2 aromatic rings. The molecule has 104 valence electrons. The molecule has 0 spiro atoms. The normalized spacial score (nSPS) is 12.1. The van der Waals surface area contributed by atoms with E-state index in [1.54, 1.807) is 30.3 Å². The van der Waals surface area contributed by atoms with Crippen molar-refractivity contribution in [1.82, 2.24) is 0 Å². The van der Waals surface area contributed by atoms with E-state index in [-0.39, 0.29) is 18.1 Å². The molecule has 0 amide bonds. The Morgan fingerprint density at radius 1 is 1.20 bits per heavy atom. The SMILES string of the molecule is CC(CC(=O)O)c1ccc(Cl)c(-c2ccc(O)cc2)c1. The highest BCUT2D eigenvalue weighted by molar-refractivity contribution is 6.33. The zero-order valence-electron chi connectivity index (χ0n) is 11.0. The minimum absolute atomic E-state index is 0.0800. The summed E-state index contributed by atoms with van der Waals surface area (Å²) >= 11 is 6.20. The van der Waals surface area contributed by atoms with Crippen LogP contribution in [0, 0.1) is 0 Å². The fourth-order valence-corrected chi connectivity index (χ4v) is 2.32. The molecule has 1 atom stereocenters. The molecule has 1 unspecified atom stereocenters. The van der Waals surface area contributed by atoms with Crippen LogP contribution in [-0.4, -0.2) is 16.2 Å². The van der Waals surface area contributed by atoms with Crippen LogP contribution in [0.25, 0.3) is 11.1 Å². The number of hydrogen-bond acceptors (Lipinski definition) is 2. The minimum Gasteiger partial charge on any atom is -0.508 e. The van der Waals surface area contributed by atoms with E-state index in [0.29, 0.717) is 5.02 Å². The Bertz CT molecular complexity index is 620. The van der Waals surface area contributed by atoms with Gasteiger partial charge in [0.25, 0.3) is 0 Å². The van der Waals surface area contributed by atoms with Crippen molar-refractivity contribution in [3.8, 4) is 16.9 Å². The third-order valence-electron chi connectivity index (χ3n) is 3.22. The average Bonchev–Trinajstić information content (AvgIpc) is 2.39. The van der Waals surface area contributed by atoms with Crippen molar-refractivity contribution >= 4 is 17.6 Å². The molecule has 3 nitrogen and oxygen atoms in total. The van der Waals surface area contributed by atoms with Crippen molar-refractivity contribution in [2.75, 3.05) is 0 Å². The summed E-state index contributed by atoms with van der Waals surface area (Å²) in [5.41, 5.74) is 2.65. The number of hydrogen-bond donors (Lipinski definition) is 2. The first-order valence-electron chi connectivity index (χ1n) is 6.28. The molecule has 2 rings (SSSR count). The van der Waals surface area contributed by atoms with Crippen LogP contribution >= 0.6 is 11.6 Å². The number of phenolic OH excluding ortho intramolecular Hbond substituents is 1. The number of benzene rings is 2. The van der Waals surface area contributed by atoms with Gasteiger partial charge in [0.05, 0.1) is 6.42 Å². The number of aliphatic carboxylic acids is 1. The molecule has 0 aliphatic heterocycles. The Hall–Kier alpha value is -2.00. The summed E-state index contributed by atoms with van der Waals surface area (Å²) in [5.74, 6) is -0.709. The van der Waals surface area contributed by atoms with E-state index < -0.39 is 5.97 Å². The third kappa shape index (κ3) is 3.31. The molecule has 0 saturated carbocycles. The second kappa shape index (κ2) is 5.97. The lowest BCUT2D eigenvalue weighted by Gasteiger charge is -2.12. The van der Waals surface area contributed by atoms with E-state index in [9.17, 15) is 9.90 Å². The van der Waals surface area contributed by atoms with Crippen LogP contribution in [0.3, 0.4) is 0 Å². The molecular weight excluding hydrogens is 276 g/mol. The Labute approximate surface area is 122 Å². The molecular formula is C16H15ClO3. The van der Waals surface area contributed by atoms with Crippen LogP contribution in [0.1, 0.15) is 24.8 Å². The van der Waals surface area contributed by atoms with Gasteiger partial charge in [0.2, 0.25) is 0 Å². The van der Waals surface area contributed by atoms with Gasteiger partial charge >= 0.3 is 5.97 Å². The van der Waals surface area contributed by atoms with E-state index in [2.05, 4.69) is 0 Å². The van der Waals surface area contributed by atoms with Gasteiger partial charge in [-0.1, -0.05) is 36.7 Å². The highest BCUT2D eigenvalue weighted by Gasteiger charge is 2.13. The lowest BCUT2D eigenvalue weighted by atomic mass is 9.94. The van der Waals surface area contributed by atoms with Gasteiger partial charge in [-0.3, -0.25) is 4.79 Å². The van der Waals surface area contributed by atoms with E-state index in [1.807, 2.05) is 19.1 Å². The summed E-state index contributed by atoms with van der Waals surface area (Å²) in [6, 6.07) is 12.3. The van der Waals surface area contributed by atoms with Gasteiger partial charge in [0.15, 0.2) is 0 Å². The standard InChI is InChI=1S/C16H15ClO3/c1-10(8-16(19)20)12-4-7-15(17)14(9-12)11-2-5-13(18)6-3-11/h2-7,9-10,18H,8H2,1H3,(H,19,20). The number of phenols is 1. The molecule has 2 N–H and O–H groups in total. The monoisotopic (exact) mass is 290 g/mol. The van der Waals surface area contributed by atoms with Gasteiger partial charge in [0, 0.05) is 10.6 Å². The van der Waals surface area contributed by atoms with Gasteiger partial charge in [0.1, 0.15) is 5.75 Å². The smallest absolute Gasteiger partial charge is 0.303 e. The minimum atomic E-state index is -0.821. The molecule has 20 heavy (non-hydrogen) atoms. The first-order valence-corrected chi connectivity index (χ1v) is 6.66. The highest BCUT2D eigenvalue weighted by atomic mass is 35.5. The van der Waals surface area contributed by atoms with E-state index in [0.717, 1.165) is 16.7 Å². The maximum absolute atomic E-state index is 10.8. The van der Waals surface area contributed by atoms with Gasteiger partial charge in [-0.15, -0.1) is 0 Å². The Balaban J connectivity index is 2.38. The molecule has 0 aliphatic carbocycles. The van der Waals surface area contributed by atoms with Crippen LogP contribution in [-0.2, 0) is 4.79 Å². The Morgan fingerprint density at radius 2 is 1.85 bits per heavy atom. The number of carboxylic acid groups (broad SMARTS) is 1. The fourth-order valence-electron chi connectivity index (χ4n) is 2.09. The summed E-state index contributed by atoms with van der Waals surface area (Å²) in [4.78, 5) is 10.8. The van der Waals surface area contributed by atoms with E-state index in [4.69, 9.17) is 16.7 Å². The lowest BCUT2D eigenvalue weighted by molar-refractivity contribution is -0.137. The molecule has 0 fully saturated rings.